The van der Waals surface area contributed by atoms with Gasteiger partial charge < -0.3 is 9.97 Å². The maximum atomic E-state index is 4.52. The summed E-state index contributed by atoms with van der Waals surface area (Å²) in [5, 5.41) is 0. The molecule has 6 nitrogen and oxygen atoms in total. The smallest absolute Gasteiger partial charge is 0.181 e. The minimum Gasteiger partial charge on any atom is -0.342 e. The normalized spacial score (nSPS) is 11.5. The molecule has 0 aliphatic carbocycles. The van der Waals surface area contributed by atoms with Crippen molar-refractivity contribution in [3.05, 3.63) is 36.0 Å². The highest BCUT2D eigenvalue weighted by molar-refractivity contribution is 5.83. The van der Waals surface area contributed by atoms with Crippen molar-refractivity contribution in [3.8, 4) is 11.4 Å². The van der Waals surface area contributed by atoms with Crippen molar-refractivity contribution in [2.45, 2.75) is 13.8 Å². The minimum atomic E-state index is 0.688. The van der Waals surface area contributed by atoms with Gasteiger partial charge in [-0.3, -0.25) is 0 Å². The highest BCUT2D eigenvalue weighted by Crippen LogP contribution is 2.23. The fraction of sp³-hybridized carbons (Fsp3) is 0.143. The standard InChI is InChI=1S/C14H12N6/c1-7-12-14(16-6-15-7)20-13(19-12)9-3-4-10-11(5-9)18-8(2)17-10/h3-6H,1-2H3,(H,17,18)(H,15,16,19,20). The van der Waals surface area contributed by atoms with Gasteiger partial charge in [0.2, 0.25) is 0 Å². The van der Waals surface area contributed by atoms with Crippen LogP contribution in [0.5, 0.6) is 0 Å². The highest BCUT2D eigenvalue weighted by Gasteiger charge is 2.10. The van der Waals surface area contributed by atoms with E-state index in [1.807, 2.05) is 32.0 Å². The summed E-state index contributed by atoms with van der Waals surface area (Å²) in [5.41, 5.74) is 5.42. The van der Waals surface area contributed by atoms with Crippen LogP contribution >= 0.6 is 0 Å². The molecule has 4 rings (SSSR count). The average molecular weight is 264 g/mol. The Morgan fingerprint density at radius 2 is 1.90 bits per heavy atom. The van der Waals surface area contributed by atoms with Gasteiger partial charge in [0.15, 0.2) is 5.65 Å². The predicted molar refractivity (Wildman–Crippen MR) is 76.2 cm³/mol. The lowest BCUT2D eigenvalue weighted by Gasteiger charge is -1.96. The molecule has 1 aromatic carbocycles. The molecule has 0 aliphatic heterocycles. The largest absolute Gasteiger partial charge is 0.342 e. The van der Waals surface area contributed by atoms with Crippen LogP contribution in [0.3, 0.4) is 0 Å². The molecule has 2 N–H and O–H groups in total. The first-order valence-electron chi connectivity index (χ1n) is 6.35. The van der Waals surface area contributed by atoms with E-state index in [4.69, 9.17) is 0 Å². The van der Waals surface area contributed by atoms with Gasteiger partial charge in [0.25, 0.3) is 0 Å². The topological polar surface area (TPSA) is 83.1 Å². The second-order valence-electron chi connectivity index (χ2n) is 4.80. The van der Waals surface area contributed by atoms with Crippen LogP contribution in [0.15, 0.2) is 24.5 Å². The van der Waals surface area contributed by atoms with Crippen molar-refractivity contribution in [2.24, 2.45) is 0 Å². The highest BCUT2D eigenvalue weighted by atomic mass is 15.0. The van der Waals surface area contributed by atoms with Crippen LogP contribution in [0.1, 0.15) is 11.5 Å². The van der Waals surface area contributed by atoms with Crippen LogP contribution in [0.25, 0.3) is 33.6 Å². The molecule has 0 unspecified atom stereocenters. The van der Waals surface area contributed by atoms with Crippen LogP contribution in [0.2, 0.25) is 0 Å². The van der Waals surface area contributed by atoms with Crippen molar-refractivity contribution in [2.75, 3.05) is 0 Å². The van der Waals surface area contributed by atoms with Crippen molar-refractivity contribution in [3.63, 3.8) is 0 Å². The molecule has 0 fully saturated rings. The number of hydrogen-bond acceptors (Lipinski definition) is 4. The van der Waals surface area contributed by atoms with E-state index in [0.29, 0.717) is 5.65 Å². The van der Waals surface area contributed by atoms with E-state index in [9.17, 15) is 0 Å². The van der Waals surface area contributed by atoms with E-state index in [1.54, 1.807) is 0 Å². The lowest BCUT2D eigenvalue weighted by molar-refractivity contribution is 1.14. The lowest BCUT2D eigenvalue weighted by atomic mass is 10.2. The van der Waals surface area contributed by atoms with E-state index in [2.05, 4.69) is 29.9 Å². The molecular weight excluding hydrogens is 252 g/mol. The Kier molecular flexibility index (Phi) is 2.14. The average Bonchev–Trinajstić information content (AvgIpc) is 3.00. The van der Waals surface area contributed by atoms with Gasteiger partial charge in [0.05, 0.1) is 16.7 Å². The summed E-state index contributed by atoms with van der Waals surface area (Å²) in [6.07, 6.45) is 1.53. The molecule has 20 heavy (non-hydrogen) atoms. The second kappa shape index (κ2) is 3.86. The Morgan fingerprint density at radius 1 is 1.00 bits per heavy atom. The third kappa shape index (κ3) is 1.58. The minimum absolute atomic E-state index is 0.688. The van der Waals surface area contributed by atoms with Gasteiger partial charge in [-0.15, -0.1) is 0 Å². The number of nitrogens with one attached hydrogen (secondary N) is 2. The third-order valence-electron chi connectivity index (χ3n) is 3.35. The van der Waals surface area contributed by atoms with Crippen LogP contribution in [-0.2, 0) is 0 Å². The van der Waals surface area contributed by atoms with Crippen molar-refractivity contribution < 1.29 is 0 Å². The number of H-pyrrole nitrogens is 2. The zero-order valence-corrected chi connectivity index (χ0v) is 11.1. The van der Waals surface area contributed by atoms with Gasteiger partial charge in [0, 0.05) is 5.56 Å². The lowest BCUT2D eigenvalue weighted by Crippen LogP contribution is -1.84. The Balaban J connectivity index is 1.93. The van der Waals surface area contributed by atoms with Gasteiger partial charge in [-0.05, 0) is 32.0 Å². The Labute approximate surface area is 114 Å². The zero-order valence-electron chi connectivity index (χ0n) is 11.1. The summed E-state index contributed by atoms with van der Waals surface area (Å²) >= 11 is 0. The molecular formula is C14H12N6. The molecule has 98 valence electrons. The fourth-order valence-corrected chi connectivity index (χ4v) is 2.37. The maximum Gasteiger partial charge on any atom is 0.181 e. The monoisotopic (exact) mass is 264 g/mol. The third-order valence-corrected chi connectivity index (χ3v) is 3.35. The van der Waals surface area contributed by atoms with Crippen LogP contribution in [0.4, 0.5) is 0 Å². The number of aromatic amines is 2. The molecule has 0 bridgehead atoms. The molecule has 3 aromatic heterocycles. The van der Waals surface area contributed by atoms with E-state index < -0.39 is 0 Å². The Morgan fingerprint density at radius 3 is 2.75 bits per heavy atom. The molecule has 6 heteroatoms. The summed E-state index contributed by atoms with van der Waals surface area (Å²) in [5.74, 6) is 1.70. The molecule has 0 aliphatic rings. The molecule has 0 radical (unpaired) electrons. The number of imidazole rings is 2. The summed E-state index contributed by atoms with van der Waals surface area (Å²) < 4.78 is 0. The van der Waals surface area contributed by atoms with E-state index in [-0.39, 0.29) is 0 Å². The van der Waals surface area contributed by atoms with E-state index >= 15 is 0 Å². The van der Waals surface area contributed by atoms with Gasteiger partial charge in [-0.25, -0.2) is 19.9 Å². The zero-order chi connectivity index (χ0) is 13.7. The number of fused-ring (bicyclic) bond motifs is 2. The number of nitrogens with zero attached hydrogens (tertiary/aromatic N) is 4. The van der Waals surface area contributed by atoms with Crippen LogP contribution in [-0.4, -0.2) is 29.9 Å². The molecule has 0 saturated carbocycles. The van der Waals surface area contributed by atoms with Crippen molar-refractivity contribution in [1.29, 1.82) is 0 Å². The Bertz CT molecular complexity index is 933. The second-order valence-corrected chi connectivity index (χ2v) is 4.80. The molecule has 0 saturated heterocycles. The number of hydrogen-bond donors (Lipinski definition) is 2. The Hall–Kier alpha value is -2.76. The number of benzene rings is 1. The van der Waals surface area contributed by atoms with E-state index in [0.717, 1.165) is 39.5 Å². The molecule has 0 spiro atoms. The summed E-state index contributed by atoms with van der Waals surface area (Å²) in [4.78, 5) is 23.8. The van der Waals surface area contributed by atoms with Gasteiger partial charge in [-0.2, -0.15) is 0 Å². The van der Waals surface area contributed by atoms with Crippen molar-refractivity contribution >= 4 is 22.2 Å². The molecule has 0 amide bonds. The van der Waals surface area contributed by atoms with Gasteiger partial charge in [0.1, 0.15) is 23.5 Å². The first kappa shape index (κ1) is 11.1. The number of rotatable bonds is 1. The number of aromatic nitrogens is 6. The van der Waals surface area contributed by atoms with Crippen LogP contribution < -0.4 is 0 Å². The molecule has 0 atom stereocenters. The predicted octanol–water partition coefficient (Wildman–Crippen LogP) is 2.51. The summed E-state index contributed by atoms with van der Waals surface area (Å²) in [6, 6.07) is 6.03. The first-order chi connectivity index (χ1) is 9.70. The summed E-state index contributed by atoms with van der Waals surface area (Å²) in [7, 11) is 0. The van der Waals surface area contributed by atoms with Crippen molar-refractivity contribution in [1.82, 2.24) is 29.9 Å². The summed E-state index contributed by atoms with van der Waals surface area (Å²) in [6.45, 7) is 3.88. The number of aryl methyl sites for hydroxylation is 2. The maximum absolute atomic E-state index is 4.52. The molecule has 4 aromatic rings. The quantitative estimate of drug-likeness (QED) is 0.553. The van der Waals surface area contributed by atoms with Crippen LogP contribution in [0, 0.1) is 13.8 Å². The van der Waals surface area contributed by atoms with Gasteiger partial charge >= 0.3 is 0 Å². The fourth-order valence-electron chi connectivity index (χ4n) is 2.37. The van der Waals surface area contributed by atoms with Gasteiger partial charge in [-0.1, -0.05) is 0 Å². The SMILES string of the molecule is Cc1nc2ccc(-c3nc4ncnc(C)c4[nH]3)cc2[nH]1. The van der Waals surface area contributed by atoms with E-state index in [1.165, 1.54) is 6.33 Å². The molecule has 3 heterocycles. The first-order valence-corrected chi connectivity index (χ1v) is 6.35.